The van der Waals surface area contributed by atoms with Gasteiger partial charge < -0.3 is 5.32 Å². The average Bonchev–Trinajstić information content (AvgIpc) is 2.87. The number of aryl methyl sites for hydroxylation is 1. The van der Waals surface area contributed by atoms with E-state index in [0.29, 0.717) is 5.02 Å². The lowest BCUT2D eigenvalue weighted by atomic mass is 10.2. The van der Waals surface area contributed by atoms with Crippen molar-refractivity contribution in [3.8, 4) is 6.07 Å². The van der Waals surface area contributed by atoms with Gasteiger partial charge in [0.05, 0.1) is 10.7 Å². The summed E-state index contributed by atoms with van der Waals surface area (Å²) in [6.45, 7) is 1.92. The third-order valence-corrected chi connectivity index (χ3v) is 2.60. The normalized spacial score (nSPS) is 11.1. The predicted octanol–water partition coefficient (Wildman–Crippen LogP) is 2.14. The molecule has 0 aliphatic carbocycles. The van der Waals surface area contributed by atoms with Crippen molar-refractivity contribution >= 4 is 22.9 Å². The van der Waals surface area contributed by atoms with Crippen molar-refractivity contribution in [1.29, 1.82) is 5.26 Å². The average molecular weight is 261 g/mol. The first-order valence-corrected chi connectivity index (χ1v) is 5.46. The van der Waals surface area contributed by atoms with Gasteiger partial charge in [-0.05, 0) is 23.8 Å². The van der Waals surface area contributed by atoms with Gasteiger partial charge in [0, 0.05) is 6.20 Å². The second kappa shape index (κ2) is 5.29. The van der Waals surface area contributed by atoms with Gasteiger partial charge in [-0.25, -0.2) is 0 Å². The third kappa shape index (κ3) is 2.47. The number of nitrogens with zero attached hydrogens (tertiary/aromatic N) is 4. The lowest BCUT2D eigenvalue weighted by molar-refractivity contribution is 0.881. The number of halogens is 1. The Labute approximate surface area is 108 Å². The van der Waals surface area contributed by atoms with E-state index in [-0.39, 0.29) is 11.4 Å². The summed E-state index contributed by atoms with van der Waals surface area (Å²) in [5, 5.41) is 25.7. The molecule has 0 bridgehead atoms. The first kappa shape index (κ1) is 12.1. The van der Waals surface area contributed by atoms with Gasteiger partial charge in [-0.2, -0.15) is 10.5 Å². The fraction of sp³-hybridized carbons (Fsp3) is 0.0909. The predicted molar refractivity (Wildman–Crippen MR) is 67.6 cm³/mol. The number of benzene rings is 1. The van der Waals surface area contributed by atoms with Gasteiger partial charge in [-0.3, -0.25) is 0 Å². The first-order valence-electron chi connectivity index (χ1n) is 5.08. The molecule has 1 heterocycles. The molecule has 2 aromatic rings. The van der Waals surface area contributed by atoms with Crippen LogP contribution in [0.1, 0.15) is 11.4 Å². The molecule has 0 aliphatic rings. The van der Waals surface area contributed by atoms with Gasteiger partial charge in [0.1, 0.15) is 11.6 Å². The van der Waals surface area contributed by atoms with Crippen molar-refractivity contribution < 1.29 is 0 Å². The van der Waals surface area contributed by atoms with Crippen LogP contribution in [-0.2, 0) is 0 Å². The van der Waals surface area contributed by atoms with Crippen molar-refractivity contribution in [2.75, 3.05) is 5.32 Å². The molecule has 1 aromatic carbocycles. The lowest BCUT2D eigenvalue weighted by Gasteiger charge is -2.07. The third-order valence-electron chi connectivity index (χ3n) is 2.29. The number of anilines is 1. The monoisotopic (exact) mass is 260 g/mol. The van der Waals surface area contributed by atoms with Crippen molar-refractivity contribution in [2.45, 2.75) is 6.92 Å². The number of hydrogen-bond donors (Lipinski definition) is 2. The minimum Gasteiger partial charge on any atom is -0.359 e. The van der Waals surface area contributed by atoms with Crippen LogP contribution in [0.25, 0.3) is 5.57 Å². The minimum atomic E-state index is 0.231. The summed E-state index contributed by atoms with van der Waals surface area (Å²) in [4.78, 5) is 0. The van der Waals surface area contributed by atoms with Gasteiger partial charge in [0.2, 0.25) is 5.82 Å². The topological polar surface area (TPSA) is 90.3 Å². The Balaban J connectivity index is 2.27. The van der Waals surface area contributed by atoms with E-state index in [1.807, 2.05) is 25.1 Å². The van der Waals surface area contributed by atoms with E-state index in [9.17, 15) is 0 Å². The van der Waals surface area contributed by atoms with Crippen LogP contribution in [0.4, 0.5) is 5.69 Å². The van der Waals surface area contributed by atoms with Crippen LogP contribution >= 0.6 is 11.6 Å². The Morgan fingerprint density at radius 3 is 3.00 bits per heavy atom. The minimum absolute atomic E-state index is 0.231. The fourth-order valence-corrected chi connectivity index (χ4v) is 1.66. The van der Waals surface area contributed by atoms with Crippen LogP contribution < -0.4 is 5.32 Å². The second-order valence-electron chi connectivity index (χ2n) is 3.48. The van der Waals surface area contributed by atoms with E-state index in [1.165, 1.54) is 6.20 Å². The molecule has 2 N–H and O–H groups in total. The van der Waals surface area contributed by atoms with Gasteiger partial charge in [-0.1, -0.05) is 23.7 Å². The summed E-state index contributed by atoms with van der Waals surface area (Å²) in [7, 11) is 0. The number of tetrazole rings is 1. The smallest absolute Gasteiger partial charge is 0.216 e. The molecular weight excluding hydrogens is 252 g/mol. The largest absolute Gasteiger partial charge is 0.359 e. The van der Waals surface area contributed by atoms with Crippen LogP contribution in [0.5, 0.6) is 0 Å². The molecule has 0 fully saturated rings. The molecule has 0 saturated carbocycles. The van der Waals surface area contributed by atoms with Crippen LogP contribution in [0.2, 0.25) is 5.02 Å². The first-order chi connectivity index (χ1) is 8.72. The molecule has 0 amide bonds. The maximum atomic E-state index is 9.00. The molecule has 2 rings (SSSR count). The van der Waals surface area contributed by atoms with E-state index < -0.39 is 0 Å². The fourth-order valence-electron chi connectivity index (χ4n) is 1.38. The van der Waals surface area contributed by atoms with Crippen LogP contribution in [0, 0.1) is 18.3 Å². The number of allylic oxidation sites excluding steroid dienone is 1. The molecule has 7 heteroatoms. The highest BCUT2D eigenvalue weighted by Gasteiger charge is 2.07. The van der Waals surface area contributed by atoms with Crippen LogP contribution in [0.15, 0.2) is 24.4 Å². The maximum Gasteiger partial charge on any atom is 0.216 e. The van der Waals surface area contributed by atoms with E-state index in [2.05, 4.69) is 25.9 Å². The molecule has 0 spiro atoms. The molecule has 0 atom stereocenters. The molecule has 18 heavy (non-hydrogen) atoms. The number of H-pyrrole nitrogens is 1. The number of nitriles is 1. The van der Waals surface area contributed by atoms with E-state index in [4.69, 9.17) is 16.9 Å². The number of nitrogens with one attached hydrogen (secondary N) is 2. The summed E-state index contributed by atoms with van der Waals surface area (Å²) in [5.74, 6) is 0.231. The number of para-hydroxylation sites is 1. The number of rotatable bonds is 3. The van der Waals surface area contributed by atoms with Crippen LogP contribution in [-0.4, -0.2) is 20.6 Å². The Morgan fingerprint density at radius 2 is 2.39 bits per heavy atom. The van der Waals surface area contributed by atoms with Crippen LogP contribution in [0.3, 0.4) is 0 Å². The SMILES string of the molecule is Cc1cccc(Cl)c1N/C=C(/C#N)c1nn[nH]n1. The summed E-state index contributed by atoms with van der Waals surface area (Å²) in [5.41, 5.74) is 1.99. The van der Waals surface area contributed by atoms with E-state index in [0.717, 1.165) is 11.3 Å². The van der Waals surface area contributed by atoms with Crippen molar-refractivity contribution in [3.63, 3.8) is 0 Å². The lowest BCUT2D eigenvalue weighted by Crippen LogP contribution is -1.95. The van der Waals surface area contributed by atoms with Gasteiger partial charge >= 0.3 is 0 Å². The van der Waals surface area contributed by atoms with Gasteiger partial charge in [0.25, 0.3) is 0 Å². The highest BCUT2D eigenvalue weighted by atomic mass is 35.5. The molecule has 1 aromatic heterocycles. The zero-order valence-electron chi connectivity index (χ0n) is 9.48. The van der Waals surface area contributed by atoms with Gasteiger partial charge in [-0.15, -0.1) is 10.2 Å². The maximum absolute atomic E-state index is 9.00. The van der Waals surface area contributed by atoms with Crippen molar-refractivity contribution in [2.24, 2.45) is 0 Å². The van der Waals surface area contributed by atoms with E-state index >= 15 is 0 Å². The molecule has 0 radical (unpaired) electrons. The molecule has 6 nitrogen and oxygen atoms in total. The molecular formula is C11H9ClN6. The summed E-state index contributed by atoms with van der Waals surface area (Å²) >= 11 is 6.06. The Kier molecular flexibility index (Phi) is 3.55. The number of hydrogen-bond acceptors (Lipinski definition) is 5. The highest BCUT2D eigenvalue weighted by Crippen LogP contribution is 2.25. The standard InChI is InChI=1S/C11H9ClN6/c1-7-3-2-4-9(12)10(7)14-6-8(5-13)11-15-17-18-16-11/h2-4,6,14H,1H3,(H,15,16,17,18)/b8-6-. The Bertz CT molecular complexity index is 591. The number of aromatic nitrogens is 4. The molecule has 90 valence electrons. The van der Waals surface area contributed by atoms with Crippen molar-refractivity contribution in [1.82, 2.24) is 20.6 Å². The summed E-state index contributed by atoms with van der Waals surface area (Å²) in [6, 6.07) is 7.53. The second-order valence-corrected chi connectivity index (χ2v) is 3.89. The summed E-state index contributed by atoms with van der Waals surface area (Å²) in [6.07, 6.45) is 1.50. The molecule has 0 aliphatic heterocycles. The van der Waals surface area contributed by atoms with Gasteiger partial charge in [0.15, 0.2) is 0 Å². The Hall–Kier alpha value is -2.39. The molecule has 0 unspecified atom stereocenters. The Morgan fingerprint density at radius 1 is 1.56 bits per heavy atom. The quantitative estimate of drug-likeness (QED) is 0.825. The van der Waals surface area contributed by atoms with Crippen molar-refractivity contribution in [3.05, 3.63) is 40.8 Å². The zero-order chi connectivity index (χ0) is 13.0. The highest BCUT2D eigenvalue weighted by molar-refractivity contribution is 6.33. The van der Waals surface area contributed by atoms with E-state index in [1.54, 1.807) is 6.07 Å². The molecule has 0 saturated heterocycles. The number of aromatic amines is 1. The zero-order valence-corrected chi connectivity index (χ0v) is 10.2. The summed E-state index contributed by atoms with van der Waals surface area (Å²) < 4.78 is 0.